The molecule has 0 spiro atoms. The fourth-order valence-corrected chi connectivity index (χ4v) is 3.40. The SMILES string of the molecule is O=C1Nc2nc(NC3CCC(O)CC3)ncc2CN1c1ccccc1O. The molecule has 2 heterocycles. The van der Waals surface area contributed by atoms with Crippen LogP contribution in [0.25, 0.3) is 0 Å². The highest BCUT2D eigenvalue weighted by Crippen LogP contribution is 2.32. The molecule has 4 rings (SSSR count). The van der Waals surface area contributed by atoms with Gasteiger partial charge in [0.15, 0.2) is 0 Å². The zero-order valence-electron chi connectivity index (χ0n) is 14.2. The number of rotatable bonds is 3. The van der Waals surface area contributed by atoms with Gasteiger partial charge in [-0.1, -0.05) is 12.1 Å². The molecule has 2 aromatic rings. The van der Waals surface area contributed by atoms with E-state index in [1.807, 2.05) is 0 Å². The number of aromatic nitrogens is 2. The summed E-state index contributed by atoms with van der Waals surface area (Å²) < 4.78 is 0. The van der Waals surface area contributed by atoms with Crippen LogP contribution < -0.4 is 15.5 Å². The number of nitrogens with zero attached hydrogens (tertiary/aromatic N) is 3. The summed E-state index contributed by atoms with van der Waals surface area (Å²) in [4.78, 5) is 22.7. The van der Waals surface area contributed by atoms with Crippen LogP contribution in [-0.2, 0) is 6.54 Å². The van der Waals surface area contributed by atoms with Crippen molar-refractivity contribution in [2.75, 3.05) is 15.5 Å². The fraction of sp³-hybridized carbons (Fsp3) is 0.389. The molecular formula is C18H21N5O3. The third-order valence-electron chi connectivity index (χ3n) is 4.87. The Morgan fingerprint density at radius 3 is 2.73 bits per heavy atom. The number of phenols is 1. The Kier molecular flexibility index (Phi) is 4.34. The van der Waals surface area contributed by atoms with Crippen LogP contribution in [0.2, 0.25) is 0 Å². The number of anilines is 3. The molecule has 4 N–H and O–H groups in total. The van der Waals surface area contributed by atoms with E-state index < -0.39 is 0 Å². The van der Waals surface area contributed by atoms with Crippen LogP contribution in [0.3, 0.4) is 0 Å². The Labute approximate surface area is 150 Å². The number of para-hydroxylation sites is 2. The van der Waals surface area contributed by atoms with Crippen molar-refractivity contribution in [3.63, 3.8) is 0 Å². The van der Waals surface area contributed by atoms with Gasteiger partial charge in [0.05, 0.1) is 18.3 Å². The summed E-state index contributed by atoms with van der Waals surface area (Å²) in [6.45, 7) is 0.286. The van der Waals surface area contributed by atoms with Gasteiger partial charge in [0.2, 0.25) is 5.95 Å². The Balaban J connectivity index is 1.51. The number of aliphatic hydroxyl groups is 1. The molecule has 136 valence electrons. The average molecular weight is 355 g/mol. The molecule has 2 aliphatic rings. The van der Waals surface area contributed by atoms with Crippen molar-refractivity contribution >= 4 is 23.5 Å². The maximum atomic E-state index is 12.4. The highest BCUT2D eigenvalue weighted by molar-refractivity contribution is 6.04. The summed E-state index contributed by atoms with van der Waals surface area (Å²) in [7, 11) is 0. The molecule has 1 saturated carbocycles. The Hall–Kier alpha value is -2.87. The van der Waals surface area contributed by atoms with E-state index in [4.69, 9.17) is 0 Å². The molecule has 8 heteroatoms. The molecule has 1 fully saturated rings. The largest absolute Gasteiger partial charge is 0.506 e. The summed E-state index contributed by atoms with van der Waals surface area (Å²) in [6.07, 6.45) is 4.76. The number of nitrogens with one attached hydrogen (secondary N) is 2. The maximum absolute atomic E-state index is 12.4. The van der Waals surface area contributed by atoms with Crippen LogP contribution in [0.15, 0.2) is 30.5 Å². The van der Waals surface area contributed by atoms with Crippen molar-refractivity contribution in [2.24, 2.45) is 0 Å². The first-order valence-corrected chi connectivity index (χ1v) is 8.77. The second kappa shape index (κ2) is 6.80. The molecule has 1 aromatic heterocycles. The first-order chi connectivity index (χ1) is 12.6. The van der Waals surface area contributed by atoms with Crippen molar-refractivity contribution in [3.05, 3.63) is 36.0 Å². The number of urea groups is 1. The second-order valence-electron chi connectivity index (χ2n) is 6.72. The highest BCUT2D eigenvalue weighted by atomic mass is 16.3. The summed E-state index contributed by atoms with van der Waals surface area (Å²) in [6, 6.07) is 6.59. The van der Waals surface area contributed by atoms with Crippen molar-refractivity contribution in [1.29, 1.82) is 0 Å². The van der Waals surface area contributed by atoms with Gasteiger partial charge in [-0.3, -0.25) is 10.2 Å². The van der Waals surface area contributed by atoms with Crippen LogP contribution in [0, 0.1) is 0 Å². The van der Waals surface area contributed by atoms with Gasteiger partial charge in [-0.15, -0.1) is 0 Å². The number of fused-ring (bicyclic) bond motifs is 1. The number of carbonyl (C=O) groups excluding carboxylic acids is 1. The van der Waals surface area contributed by atoms with Crippen molar-refractivity contribution in [2.45, 2.75) is 44.4 Å². The van der Waals surface area contributed by atoms with Crippen LogP contribution >= 0.6 is 0 Å². The number of phenolic OH excluding ortho intramolecular Hbond substituents is 1. The lowest BCUT2D eigenvalue weighted by Crippen LogP contribution is -2.39. The first kappa shape index (κ1) is 16.6. The third kappa shape index (κ3) is 3.28. The standard InChI is InChI=1S/C18H21N5O3/c24-13-7-5-12(6-8-13)20-17-19-9-11-10-23(18(26)22-16(11)21-17)14-3-1-2-4-15(14)25/h1-4,9,12-13,24-25H,5-8,10H2,(H2,19,20,21,22,26). The van der Waals surface area contributed by atoms with Gasteiger partial charge < -0.3 is 15.5 Å². The van der Waals surface area contributed by atoms with E-state index in [1.165, 1.54) is 4.90 Å². The van der Waals surface area contributed by atoms with Crippen molar-refractivity contribution in [3.8, 4) is 5.75 Å². The van der Waals surface area contributed by atoms with Gasteiger partial charge in [0.1, 0.15) is 11.6 Å². The van der Waals surface area contributed by atoms with E-state index in [1.54, 1.807) is 30.5 Å². The predicted molar refractivity (Wildman–Crippen MR) is 97.2 cm³/mol. The number of hydrogen-bond donors (Lipinski definition) is 4. The Morgan fingerprint density at radius 2 is 1.96 bits per heavy atom. The van der Waals surface area contributed by atoms with Gasteiger partial charge in [0, 0.05) is 17.8 Å². The lowest BCUT2D eigenvalue weighted by atomic mass is 9.93. The van der Waals surface area contributed by atoms with Gasteiger partial charge in [-0.05, 0) is 37.8 Å². The number of benzene rings is 1. The lowest BCUT2D eigenvalue weighted by Gasteiger charge is -2.30. The molecule has 1 aliphatic carbocycles. The minimum absolute atomic E-state index is 0.0461. The van der Waals surface area contributed by atoms with E-state index in [2.05, 4.69) is 20.6 Å². The van der Waals surface area contributed by atoms with E-state index >= 15 is 0 Å². The number of amides is 2. The minimum Gasteiger partial charge on any atom is -0.506 e. The van der Waals surface area contributed by atoms with Gasteiger partial charge in [-0.25, -0.2) is 9.78 Å². The van der Waals surface area contributed by atoms with Gasteiger partial charge >= 0.3 is 6.03 Å². The number of aromatic hydroxyl groups is 1. The van der Waals surface area contributed by atoms with E-state index in [-0.39, 0.29) is 30.5 Å². The first-order valence-electron chi connectivity index (χ1n) is 8.77. The monoisotopic (exact) mass is 355 g/mol. The third-order valence-corrected chi connectivity index (χ3v) is 4.87. The Morgan fingerprint density at radius 1 is 1.19 bits per heavy atom. The molecule has 0 bridgehead atoms. The van der Waals surface area contributed by atoms with Crippen LogP contribution in [0.1, 0.15) is 31.2 Å². The fourth-order valence-electron chi connectivity index (χ4n) is 3.40. The van der Waals surface area contributed by atoms with Gasteiger partial charge in [0.25, 0.3) is 0 Å². The summed E-state index contributed by atoms with van der Waals surface area (Å²) in [5, 5.41) is 25.6. The Bertz CT molecular complexity index is 820. The summed E-state index contributed by atoms with van der Waals surface area (Å²) >= 11 is 0. The van der Waals surface area contributed by atoms with Crippen LogP contribution in [-0.4, -0.2) is 38.4 Å². The summed E-state index contributed by atoms with van der Waals surface area (Å²) in [5.41, 5.74) is 1.22. The van der Waals surface area contributed by atoms with Crippen molar-refractivity contribution < 1.29 is 15.0 Å². The topological polar surface area (TPSA) is 111 Å². The molecule has 2 amide bonds. The number of carbonyl (C=O) groups is 1. The van der Waals surface area contributed by atoms with E-state index in [0.29, 0.717) is 17.5 Å². The van der Waals surface area contributed by atoms with Crippen LogP contribution in [0.5, 0.6) is 5.75 Å². The van der Waals surface area contributed by atoms with E-state index in [9.17, 15) is 15.0 Å². The van der Waals surface area contributed by atoms with E-state index in [0.717, 1.165) is 31.2 Å². The normalized spacial score (nSPS) is 22.5. The zero-order chi connectivity index (χ0) is 18.1. The quantitative estimate of drug-likeness (QED) is 0.673. The smallest absolute Gasteiger partial charge is 0.327 e. The summed E-state index contributed by atoms with van der Waals surface area (Å²) in [5.74, 6) is 1.00. The lowest BCUT2D eigenvalue weighted by molar-refractivity contribution is 0.126. The van der Waals surface area contributed by atoms with Crippen molar-refractivity contribution in [1.82, 2.24) is 9.97 Å². The molecular weight excluding hydrogens is 334 g/mol. The molecule has 8 nitrogen and oxygen atoms in total. The molecule has 0 unspecified atom stereocenters. The highest BCUT2D eigenvalue weighted by Gasteiger charge is 2.27. The second-order valence-corrected chi connectivity index (χ2v) is 6.72. The minimum atomic E-state index is -0.343. The average Bonchev–Trinajstić information content (AvgIpc) is 2.64. The molecule has 1 aliphatic heterocycles. The molecule has 0 atom stereocenters. The predicted octanol–water partition coefficient (Wildman–Crippen LogP) is 2.45. The molecule has 0 saturated heterocycles. The molecule has 26 heavy (non-hydrogen) atoms. The zero-order valence-corrected chi connectivity index (χ0v) is 14.2. The number of aliphatic hydroxyl groups excluding tert-OH is 1. The van der Waals surface area contributed by atoms with Gasteiger partial charge in [-0.2, -0.15) is 4.98 Å². The molecule has 0 radical (unpaired) electrons. The van der Waals surface area contributed by atoms with Crippen LogP contribution in [0.4, 0.5) is 22.2 Å². The maximum Gasteiger partial charge on any atom is 0.327 e. The number of hydrogen-bond acceptors (Lipinski definition) is 6. The molecule has 1 aromatic carbocycles.